The highest BCUT2D eigenvalue weighted by Crippen LogP contribution is 2.22. The first-order chi connectivity index (χ1) is 18.9. The number of ether oxygens (including phenoxy) is 2. The number of benzene rings is 3. The minimum absolute atomic E-state index is 0.00786. The molecule has 204 valence electrons. The summed E-state index contributed by atoms with van der Waals surface area (Å²) in [5, 5.41) is 1.15. The maximum Gasteiger partial charge on any atom is 0.254 e. The van der Waals surface area contributed by atoms with Gasteiger partial charge in [0.2, 0.25) is 5.91 Å². The number of aromatic amines is 1. The number of aromatic nitrogens is 1. The van der Waals surface area contributed by atoms with Crippen LogP contribution >= 0.6 is 0 Å². The molecule has 0 atom stereocenters. The third-order valence-electron chi connectivity index (χ3n) is 6.77. The van der Waals surface area contributed by atoms with Crippen molar-refractivity contribution < 1.29 is 19.1 Å². The van der Waals surface area contributed by atoms with Crippen molar-refractivity contribution in [3.05, 3.63) is 95.7 Å². The SMILES string of the molecule is COc1ccc(C(=O)N(CC(=O)N(CCc2c[nH]c3ccccc23)Cc2ccccc2OC)CC(C)C)cc1. The van der Waals surface area contributed by atoms with Crippen molar-refractivity contribution >= 4 is 22.7 Å². The van der Waals surface area contributed by atoms with Gasteiger partial charge in [-0.2, -0.15) is 0 Å². The van der Waals surface area contributed by atoms with E-state index in [1.807, 2.05) is 67.4 Å². The van der Waals surface area contributed by atoms with Crippen LogP contribution in [0.1, 0.15) is 35.3 Å². The summed E-state index contributed by atoms with van der Waals surface area (Å²) >= 11 is 0. The van der Waals surface area contributed by atoms with Gasteiger partial charge in [0.25, 0.3) is 5.91 Å². The van der Waals surface area contributed by atoms with E-state index in [-0.39, 0.29) is 24.3 Å². The molecular formula is C32H37N3O4. The van der Waals surface area contributed by atoms with E-state index < -0.39 is 0 Å². The second kappa shape index (κ2) is 13.0. The Morgan fingerprint density at radius 1 is 0.846 bits per heavy atom. The molecule has 0 saturated carbocycles. The number of carbonyl (C=O) groups is 2. The fourth-order valence-corrected chi connectivity index (χ4v) is 4.76. The fraction of sp³-hybridized carbons (Fsp3) is 0.312. The average molecular weight is 528 g/mol. The lowest BCUT2D eigenvalue weighted by atomic mass is 10.1. The largest absolute Gasteiger partial charge is 0.497 e. The van der Waals surface area contributed by atoms with E-state index in [1.54, 1.807) is 43.4 Å². The van der Waals surface area contributed by atoms with Gasteiger partial charge in [0.05, 0.1) is 14.2 Å². The molecule has 0 aliphatic carbocycles. The average Bonchev–Trinajstić information content (AvgIpc) is 3.37. The molecule has 0 aliphatic heterocycles. The molecule has 1 aromatic heterocycles. The normalized spacial score (nSPS) is 11.0. The highest BCUT2D eigenvalue weighted by molar-refractivity contribution is 5.96. The minimum atomic E-state index is -0.173. The predicted octanol–water partition coefficient (Wildman–Crippen LogP) is 5.55. The molecule has 0 aliphatic rings. The third-order valence-corrected chi connectivity index (χ3v) is 6.77. The van der Waals surface area contributed by atoms with Crippen LogP contribution in [0.15, 0.2) is 79.0 Å². The topological polar surface area (TPSA) is 74.9 Å². The summed E-state index contributed by atoms with van der Waals surface area (Å²) in [4.78, 5) is 34.1. The van der Waals surface area contributed by atoms with E-state index in [9.17, 15) is 9.59 Å². The van der Waals surface area contributed by atoms with E-state index in [2.05, 4.69) is 11.1 Å². The molecule has 4 aromatic rings. The second-order valence-corrected chi connectivity index (χ2v) is 10.0. The highest BCUT2D eigenvalue weighted by Gasteiger charge is 2.24. The molecule has 0 radical (unpaired) electrons. The number of hydrogen-bond acceptors (Lipinski definition) is 4. The molecule has 0 bridgehead atoms. The van der Waals surface area contributed by atoms with Crippen LogP contribution in [0, 0.1) is 5.92 Å². The van der Waals surface area contributed by atoms with Crippen LogP contribution in [0.5, 0.6) is 11.5 Å². The van der Waals surface area contributed by atoms with Crippen molar-refractivity contribution in [2.45, 2.75) is 26.8 Å². The van der Waals surface area contributed by atoms with Gasteiger partial charge in [0.15, 0.2) is 0 Å². The standard InChI is InChI=1S/C32H37N3O4/c1-23(2)20-35(32(37)24-13-15-27(38-3)16-14-24)22-31(36)34(21-26-9-5-8-12-30(26)39-4)18-17-25-19-33-29-11-7-6-10-28(25)29/h5-16,19,23,33H,17-18,20-22H2,1-4H3. The molecule has 3 aromatic carbocycles. The summed E-state index contributed by atoms with van der Waals surface area (Å²) in [7, 11) is 3.22. The number of nitrogens with zero attached hydrogens (tertiary/aromatic N) is 2. The Labute approximate surface area is 230 Å². The molecule has 2 amide bonds. The summed E-state index contributed by atoms with van der Waals surface area (Å²) in [6, 6.07) is 22.9. The van der Waals surface area contributed by atoms with Crippen molar-refractivity contribution in [1.82, 2.24) is 14.8 Å². The lowest BCUT2D eigenvalue weighted by Gasteiger charge is -2.29. The molecule has 4 rings (SSSR count). The van der Waals surface area contributed by atoms with Crippen molar-refractivity contribution in [2.24, 2.45) is 5.92 Å². The Bertz CT molecular complexity index is 1390. The van der Waals surface area contributed by atoms with E-state index in [1.165, 1.54) is 0 Å². The zero-order valence-corrected chi connectivity index (χ0v) is 23.1. The van der Waals surface area contributed by atoms with E-state index in [0.717, 1.165) is 27.8 Å². The number of amides is 2. The smallest absolute Gasteiger partial charge is 0.254 e. The number of methoxy groups -OCH3 is 2. The molecule has 0 unspecified atom stereocenters. The lowest BCUT2D eigenvalue weighted by molar-refractivity contribution is -0.132. The summed E-state index contributed by atoms with van der Waals surface area (Å²) in [5.74, 6) is 1.33. The molecule has 0 spiro atoms. The van der Waals surface area contributed by atoms with Crippen LogP contribution in [0.2, 0.25) is 0 Å². The number of H-pyrrole nitrogens is 1. The molecule has 1 heterocycles. The molecule has 39 heavy (non-hydrogen) atoms. The molecule has 0 saturated heterocycles. The lowest BCUT2D eigenvalue weighted by Crippen LogP contribution is -2.44. The Balaban J connectivity index is 1.57. The first-order valence-corrected chi connectivity index (χ1v) is 13.3. The van der Waals surface area contributed by atoms with E-state index in [4.69, 9.17) is 9.47 Å². The summed E-state index contributed by atoms with van der Waals surface area (Å²) in [5.41, 5.74) is 3.67. The van der Waals surface area contributed by atoms with Crippen LogP contribution in [-0.2, 0) is 17.8 Å². The fourth-order valence-electron chi connectivity index (χ4n) is 4.76. The van der Waals surface area contributed by atoms with Crippen molar-refractivity contribution in [2.75, 3.05) is 33.9 Å². The minimum Gasteiger partial charge on any atom is -0.497 e. The van der Waals surface area contributed by atoms with Gasteiger partial charge in [0.1, 0.15) is 18.0 Å². The number of fused-ring (bicyclic) bond motifs is 1. The molecule has 7 heteroatoms. The summed E-state index contributed by atoms with van der Waals surface area (Å²) in [6.45, 7) is 5.45. The number of para-hydroxylation sites is 2. The number of rotatable bonds is 12. The first kappa shape index (κ1) is 27.8. The Kier molecular flexibility index (Phi) is 9.26. The van der Waals surface area contributed by atoms with E-state index in [0.29, 0.717) is 37.4 Å². The van der Waals surface area contributed by atoms with Gasteiger partial charge >= 0.3 is 0 Å². The Morgan fingerprint density at radius 2 is 1.56 bits per heavy atom. The molecular weight excluding hydrogens is 490 g/mol. The zero-order chi connectivity index (χ0) is 27.8. The summed E-state index contributed by atoms with van der Waals surface area (Å²) < 4.78 is 10.8. The van der Waals surface area contributed by atoms with Gasteiger partial charge in [0, 0.05) is 47.9 Å². The van der Waals surface area contributed by atoms with Gasteiger partial charge in [-0.3, -0.25) is 9.59 Å². The number of carbonyl (C=O) groups excluding carboxylic acids is 2. The zero-order valence-electron chi connectivity index (χ0n) is 23.1. The third kappa shape index (κ3) is 6.99. The van der Waals surface area contributed by atoms with Crippen molar-refractivity contribution in [3.63, 3.8) is 0 Å². The van der Waals surface area contributed by atoms with Gasteiger partial charge in [-0.1, -0.05) is 50.2 Å². The van der Waals surface area contributed by atoms with Crippen LogP contribution in [0.3, 0.4) is 0 Å². The molecule has 7 nitrogen and oxygen atoms in total. The van der Waals surface area contributed by atoms with Crippen molar-refractivity contribution in [3.8, 4) is 11.5 Å². The van der Waals surface area contributed by atoms with Gasteiger partial charge in [-0.25, -0.2) is 0 Å². The Hall–Kier alpha value is -4.26. The summed E-state index contributed by atoms with van der Waals surface area (Å²) in [6.07, 6.45) is 2.69. The maximum atomic E-state index is 13.9. The van der Waals surface area contributed by atoms with E-state index >= 15 is 0 Å². The molecule has 1 N–H and O–H groups in total. The quantitative estimate of drug-likeness (QED) is 0.262. The van der Waals surface area contributed by atoms with Crippen LogP contribution in [-0.4, -0.2) is 60.5 Å². The van der Waals surface area contributed by atoms with Crippen LogP contribution in [0.25, 0.3) is 10.9 Å². The van der Waals surface area contributed by atoms with Gasteiger partial charge in [-0.15, -0.1) is 0 Å². The van der Waals surface area contributed by atoms with Crippen LogP contribution in [0.4, 0.5) is 0 Å². The monoisotopic (exact) mass is 527 g/mol. The maximum absolute atomic E-state index is 13.9. The predicted molar refractivity (Wildman–Crippen MR) is 154 cm³/mol. The van der Waals surface area contributed by atoms with Gasteiger partial charge < -0.3 is 24.3 Å². The highest BCUT2D eigenvalue weighted by atomic mass is 16.5. The molecule has 0 fully saturated rings. The second-order valence-electron chi connectivity index (χ2n) is 10.0. The first-order valence-electron chi connectivity index (χ1n) is 13.3. The van der Waals surface area contributed by atoms with Crippen LogP contribution < -0.4 is 9.47 Å². The number of nitrogens with one attached hydrogen (secondary N) is 1. The van der Waals surface area contributed by atoms with Gasteiger partial charge in [-0.05, 0) is 54.3 Å². The van der Waals surface area contributed by atoms with Crippen molar-refractivity contribution in [1.29, 1.82) is 0 Å². The number of hydrogen-bond donors (Lipinski definition) is 1. The Morgan fingerprint density at radius 3 is 2.28 bits per heavy atom.